The van der Waals surface area contributed by atoms with Crippen LogP contribution in [0, 0.1) is 5.92 Å². The molecule has 2 rings (SSSR count). The molecule has 0 bridgehead atoms. The molecule has 0 saturated carbocycles. The van der Waals surface area contributed by atoms with Gasteiger partial charge in [-0.1, -0.05) is 11.6 Å². The van der Waals surface area contributed by atoms with Crippen LogP contribution in [0.15, 0.2) is 11.4 Å². The second kappa shape index (κ2) is 8.48. The molecule has 1 aromatic rings. The molecule has 24 heavy (non-hydrogen) atoms. The van der Waals surface area contributed by atoms with Crippen LogP contribution in [-0.2, 0) is 20.8 Å². The average Bonchev–Trinajstić information content (AvgIpc) is 2.98. The Morgan fingerprint density at radius 3 is 2.83 bits per heavy atom. The largest absolute Gasteiger partial charge is 0.481 e. The topological polar surface area (TPSA) is 77.9 Å². The van der Waals surface area contributed by atoms with Crippen LogP contribution >= 0.6 is 22.9 Å². The lowest BCUT2D eigenvalue weighted by Crippen LogP contribution is -2.46. The maximum absolute atomic E-state index is 12.3. The number of hydrogen-bond acceptors (Lipinski definition) is 4. The third-order valence-electron chi connectivity index (χ3n) is 4.13. The minimum atomic E-state index is -0.869. The first-order valence-electron chi connectivity index (χ1n) is 7.84. The number of thiophene rings is 1. The van der Waals surface area contributed by atoms with E-state index in [9.17, 15) is 14.4 Å². The number of rotatable bonds is 6. The van der Waals surface area contributed by atoms with Gasteiger partial charge in [0.15, 0.2) is 0 Å². The molecule has 8 heteroatoms. The Balaban J connectivity index is 1.79. The number of likely N-dealkylation sites (N-methyl/N-ethyl adjacent to an activating group) is 1. The number of carbonyl (C=O) groups excluding carboxylic acids is 2. The molecule has 1 unspecified atom stereocenters. The summed E-state index contributed by atoms with van der Waals surface area (Å²) in [6, 6.07) is 1.84. The van der Waals surface area contributed by atoms with E-state index in [4.69, 9.17) is 16.7 Å². The predicted molar refractivity (Wildman–Crippen MR) is 92.2 cm³/mol. The standard InChI is InChI=1S/C16H21ClN2O4S/c1-18(14(20)5-4-13-7-12(17)10-24-13)9-15(21)19-6-2-3-11(8-19)16(22)23/h7,10-11H,2-6,8-9H2,1H3,(H,22,23). The molecule has 2 heterocycles. The molecule has 132 valence electrons. The minimum absolute atomic E-state index is 0.0175. The lowest BCUT2D eigenvalue weighted by molar-refractivity contribution is -0.147. The summed E-state index contributed by atoms with van der Waals surface area (Å²) in [5, 5.41) is 11.6. The highest BCUT2D eigenvalue weighted by molar-refractivity contribution is 7.10. The van der Waals surface area contributed by atoms with Crippen molar-refractivity contribution in [2.24, 2.45) is 5.92 Å². The third kappa shape index (κ3) is 5.21. The van der Waals surface area contributed by atoms with Crippen LogP contribution in [0.3, 0.4) is 0 Å². The van der Waals surface area contributed by atoms with Crippen LogP contribution in [0.4, 0.5) is 0 Å². The number of carboxylic acid groups (broad SMARTS) is 1. The van der Waals surface area contributed by atoms with Crippen LogP contribution in [-0.4, -0.2) is 59.4 Å². The van der Waals surface area contributed by atoms with Crippen molar-refractivity contribution in [3.63, 3.8) is 0 Å². The van der Waals surface area contributed by atoms with Gasteiger partial charge in [0.05, 0.1) is 17.5 Å². The van der Waals surface area contributed by atoms with E-state index in [0.717, 1.165) is 4.88 Å². The maximum atomic E-state index is 12.3. The predicted octanol–water partition coefficient (Wildman–Crippen LogP) is 2.12. The Kier molecular flexibility index (Phi) is 6.62. The molecule has 0 radical (unpaired) electrons. The summed E-state index contributed by atoms with van der Waals surface area (Å²) in [6.45, 7) is 0.762. The normalized spacial score (nSPS) is 17.6. The number of aryl methyl sites for hydroxylation is 1. The highest BCUT2D eigenvalue weighted by atomic mass is 35.5. The maximum Gasteiger partial charge on any atom is 0.308 e. The van der Waals surface area contributed by atoms with Crippen LogP contribution in [0.25, 0.3) is 0 Å². The number of aliphatic carboxylic acids is 1. The molecule has 1 N–H and O–H groups in total. The molecule has 1 aliphatic rings. The summed E-state index contributed by atoms with van der Waals surface area (Å²) in [7, 11) is 1.60. The summed E-state index contributed by atoms with van der Waals surface area (Å²) in [5.41, 5.74) is 0. The van der Waals surface area contributed by atoms with Gasteiger partial charge in [-0.05, 0) is 25.3 Å². The number of hydrogen-bond donors (Lipinski definition) is 1. The van der Waals surface area contributed by atoms with Crippen molar-refractivity contribution in [3.05, 3.63) is 21.3 Å². The third-order valence-corrected chi connectivity index (χ3v) is 5.47. The van der Waals surface area contributed by atoms with Crippen molar-refractivity contribution in [2.45, 2.75) is 25.7 Å². The van der Waals surface area contributed by atoms with Crippen LogP contribution in [0.2, 0.25) is 5.02 Å². The number of carbonyl (C=O) groups is 3. The van der Waals surface area contributed by atoms with E-state index in [0.29, 0.717) is 37.3 Å². The zero-order chi connectivity index (χ0) is 17.7. The molecule has 1 atom stereocenters. The number of nitrogens with zero attached hydrogens (tertiary/aromatic N) is 2. The fraction of sp³-hybridized carbons (Fsp3) is 0.562. The van der Waals surface area contributed by atoms with Gasteiger partial charge in [-0.25, -0.2) is 0 Å². The molecule has 6 nitrogen and oxygen atoms in total. The minimum Gasteiger partial charge on any atom is -0.481 e. The molecule has 1 saturated heterocycles. The van der Waals surface area contributed by atoms with Gasteiger partial charge in [-0.3, -0.25) is 14.4 Å². The van der Waals surface area contributed by atoms with Crippen molar-refractivity contribution in [1.82, 2.24) is 9.80 Å². The van der Waals surface area contributed by atoms with Gasteiger partial charge in [0.1, 0.15) is 0 Å². The van der Waals surface area contributed by atoms with E-state index < -0.39 is 11.9 Å². The number of piperidine rings is 1. The van der Waals surface area contributed by atoms with Crippen LogP contribution in [0.1, 0.15) is 24.1 Å². The van der Waals surface area contributed by atoms with Gasteiger partial charge in [0.2, 0.25) is 11.8 Å². The fourth-order valence-corrected chi connectivity index (χ4v) is 3.78. The monoisotopic (exact) mass is 372 g/mol. The Bertz CT molecular complexity index is 619. The fourth-order valence-electron chi connectivity index (χ4n) is 2.70. The van der Waals surface area contributed by atoms with Gasteiger partial charge in [0, 0.05) is 36.8 Å². The SMILES string of the molecule is CN(CC(=O)N1CCCC(C(=O)O)C1)C(=O)CCc1cc(Cl)cs1. The Morgan fingerprint density at radius 2 is 2.21 bits per heavy atom. The Labute approximate surface area is 150 Å². The van der Waals surface area contributed by atoms with E-state index >= 15 is 0 Å². The highest BCUT2D eigenvalue weighted by Gasteiger charge is 2.28. The quantitative estimate of drug-likeness (QED) is 0.829. The van der Waals surface area contributed by atoms with Crippen molar-refractivity contribution in [3.8, 4) is 0 Å². The molecule has 0 spiro atoms. The van der Waals surface area contributed by atoms with E-state index in [1.165, 1.54) is 16.2 Å². The van der Waals surface area contributed by atoms with Gasteiger partial charge >= 0.3 is 5.97 Å². The smallest absolute Gasteiger partial charge is 0.308 e. The van der Waals surface area contributed by atoms with Crippen molar-refractivity contribution < 1.29 is 19.5 Å². The molecular weight excluding hydrogens is 352 g/mol. The molecule has 1 aromatic heterocycles. The van der Waals surface area contributed by atoms with Crippen molar-refractivity contribution in [1.29, 1.82) is 0 Å². The van der Waals surface area contributed by atoms with Crippen LogP contribution < -0.4 is 0 Å². The lowest BCUT2D eigenvalue weighted by atomic mass is 9.98. The summed E-state index contributed by atoms with van der Waals surface area (Å²) < 4.78 is 0. The lowest BCUT2D eigenvalue weighted by Gasteiger charge is -2.32. The summed E-state index contributed by atoms with van der Waals surface area (Å²) in [6.07, 6.45) is 2.19. The molecule has 2 amide bonds. The first kappa shape index (κ1) is 18.7. The molecule has 1 aliphatic heterocycles. The average molecular weight is 373 g/mol. The van der Waals surface area contributed by atoms with E-state index in [2.05, 4.69) is 0 Å². The second-order valence-corrected chi connectivity index (χ2v) is 7.43. The Hall–Kier alpha value is -1.60. The van der Waals surface area contributed by atoms with E-state index in [1.807, 2.05) is 11.4 Å². The zero-order valence-electron chi connectivity index (χ0n) is 13.5. The summed E-state index contributed by atoms with van der Waals surface area (Å²) >= 11 is 7.36. The van der Waals surface area contributed by atoms with Crippen molar-refractivity contribution in [2.75, 3.05) is 26.7 Å². The highest BCUT2D eigenvalue weighted by Crippen LogP contribution is 2.20. The molecule has 1 fully saturated rings. The van der Waals surface area contributed by atoms with Gasteiger partial charge in [-0.15, -0.1) is 11.3 Å². The molecular formula is C16H21ClN2O4S. The first-order valence-corrected chi connectivity index (χ1v) is 9.10. The summed E-state index contributed by atoms with van der Waals surface area (Å²) in [5.74, 6) is -1.69. The number of carboxylic acids is 1. The molecule has 0 aromatic carbocycles. The summed E-state index contributed by atoms with van der Waals surface area (Å²) in [4.78, 5) is 39.5. The second-order valence-electron chi connectivity index (χ2n) is 6.00. The Morgan fingerprint density at radius 1 is 1.46 bits per heavy atom. The number of amides is 2. The van der Waals surface area contributed by atoms with Gasteiger partial charge in [-0.2, -0.15) is 0 Å². The van der Waals surface area contributed by atoms with Crippen molar-refractivity contribution >= 4 is 40.7 Å². The van der Waals surface area contributed by atoms with E-state index in [1.54, 1.807) is 11.9 Å². The first-order chi connectivity index (χ1) is 11.4. The molecule has 0 aliphatic carbocycles. The van der Waals surface area contributed by atoms with Gasteiger partial charge < -0.3 is 14.9 Å². The number of halogens is 1. The van der Waals surface area contributed by atoms with Gasteiger partial charge in [0.25, 0.3) is 0 Å². The number of likely N-dealkylation sites (tertiary alicyclic amines) is 1. The van der Waals surface area contributed by atoms with Crippen LogP contribution in [0.5, 0.6) is 0 Å². The zero-order valence-corrected chi connectivity index (χ0v) is 15.1. The van der Waals surface area contributed by atoms with E-state index in [-0.39, 0.29) is 24.9 Å².